The molecular weight excluding hydrogens is 354 g/mol. The van der Waals surface area contributed by atoms with Crippen LogP contribution in [0, 0.1) is 0 Å². The van der Waals surface area contributed by atoms with Crippen LogP contribution >= 0.6 is 0 Å². The number of carbonyl (C=O) groups excluding carboxylic acids is 1. The number of nitrogens with zero attached hydrogens (tertiary/aromatic N) is 4. The molecule has 4 rings (SSSR count). The van der Waals surface area contributed by atoms with Gasteiger partial charge in [-0.05, 0) is 31.3 Å². The summed E-state index contributed by atoms with van der Waals surface area (Å²) in [5, 5.41) is 4.61. The smallest absolute Gasteiger partial charge is 0.236 e. The van der Waals surface area contributed by atoms with Crippen LogP contribution in [0.4, 0.5) is 0 Å². The Hall–Kier alpha value is -1.44. The van der Waals surface area contributed by atoms with Gasteiger partial charge in [-0.15, -0.1) is 0 Å². The second kappa shape index (κ2) is 9.37. The van der Waals surface area contributed by atoms with Gasteiger partial charge < -0.3 is 15.1 Å². The van der Waals surface area contributed by atoms with Gasteiger partial charge in [0.1, 0.15) is 0 Å². The minimum Gasteiger partial charge on any atom is -0.381 e. The van der Waals surface area contributed by atoms with Crippen LogP contribution in [0.15, 0.2) is 17.3 Å². The Bertz CT molecular complexity index is 590. The molecule has 1 amide bonds. The maximum absolute atomic E-state index is 12.7. The monoisotopic (exact) mass is 389 g/mol. The van der Waals surface area contributed by atoms with Crippen LogP contribution in [0.2, 0.25) is 0 Å². The fourth-order valence-electron chi connectivity index (χ4n) is 4.53. The first-order valence-corrected chi connectivity index (χ1v) is 11.0. The predicted octanol–water partition coefficient (Wildman–Crippen LogP) is 1.07. The molecule has 0 unspecified atom stereocenters. The molecule has 0 aromatic rings. The van der Waals surface area contributed by atoms with E-state index in [1.807, 2.05) is 4.90 Å². The van der Waals surface area contributed by atoms with Gasteiger partial charge in [-0.2, -0.15) is 5.10 Å². The number of amides is 1. The first-order chi connectivity index (χ1) is 13.7. The number of ether oxygens (including phenoxy) is 1. The van der Waals surface area contributed by atoms with E-state index in [2.05, 4.69) is 26.9 Å². The molecule has 0 bridgehead atoms. The molecular formula is C21H35N5O2. The van der Waals surface area contributed by atoms with Crippen molar-refractivity contribution in [2.75, 3.05) is 59.0 Å². The topological polar surface area (TPSA) is 60.4 Å². The summed E-state index contributed by atoms with van der Waals surface area (Å²) in [6.07, 6.45) is 6.94. The van der Waals surface area contributed by atoms with Crippen LogP contribution in [-0.4, -0.2) is 97.4 Å². The van der Waals surface area contributed by atoms with E-state index in [4.69, 9.17) is 4.74 Å². The zero-order chi connectivity index (χ0) is 19.3. The molecule has 0 spiro atoms. The van der Waals surface area contributed by atoms with Crippen molar-refractivity contribution in [3.63, 3.8) is 0 Å². The van der Waals surface area contributed by atoms with Crippen molar-refractivity contribution in [2.45, 2.75) is 50.6 Å². The minimum absolute atomic E-state index is 0.266. The minimum atomic E-state index is 0.266. The van der Waals surface area contributed by atoms with E-state index < -0.39 is 0 Å². The van der Waals surface area contributed by atoms with E-state index in [0.717, 1.165) is 89.1 Å². The molecule has 1 saturated carbocycles. The fraction of sp³-hybridized carbons (Fsp3) is 0.810. The van der Waals surface area contributed by atoms with Gasteiger partial charge in [0.25, 0.3) is 0 Å². The molecule has 0 atom stereocenters. The van der Waals surface area contributed by atoms with Gasteiger partial charge in [-0.25, -0.2) is 0 Å². The van der Waals surface area contributed by atoms with Gasteiger partial charge in [-0.1, -0.05) is 13.0 Å². The van der Waals surface area contributed by atoms with E-state index >= 15 is 0 Å². The number of piperazine rings is 1. The van der Waals surface area contributed by atoms with E-state index in [1.54, 1.807) is 0 Å². The Morgan fingerprint density at radius 3 is 2.50 bits per heavy atom. The number of rotatable bonds is 5. The molecule has 0 aromatic carbocycles. The summed E-state index contributed by atoms with van der Waals surface area (Å²) in [5.41, 5.74) is 5.40. The Morgan fingerprint density at radius 1 is 1.11 bits per heavy atom. The molecule has 156 valence electrons. The van der Waals surface area contributed by atoms with Gasteiger partial charge in [-0.3, -0.25) is 14.6 Å². The largest absolute Gasteiger partial charge is 0.381 e. The number of carbonyl (C=O) groups is 1. The normalized spacial score (nSPS) is 27.8. The highest BCUT2D eigenvalue weighted by Crippen LogP contribution is 2.25. The Kier molecular flexibility index (Phi) is 6.65. The average molecular weight is 390 g/mol. The average Bonchev–Trinajstić information content (AvgIpc) is 2.67. The maximum atomic E-state index is 12.7. The maximum Gasteiger partial charge on any atom is 0.236 e. The molecule has 4 aliphatic rings. The van der Waals surface area contributed by atoms with Crippen LogP contribution in [-0.2, 0) is 9.53 Å². The summed E-state index contributed by atoms with van der Waals surface area (Å²) in [7, 11) is 0. The lowest BCUT2D eigenvalue weighted by Gasteiger charge is -2.43. The Labute approximate surface area is 168 Å². The van der Waals surface area contributed by atoms with Crippen molar-refractivity contribution in [2.24, 2.45) is 5.10 Å². The number of hydrogen-bond acceptors (Lipinski definition) is 6. The number of hydrazone groups is 1. The zero-order valence-electron chi connectivity index (χ0n) is 17.1. The number of hydrogen-bond donors (Lipinski definition) is 1. The first-order valence-electron chi connectivity index (χ1n) is 11.0. The van der Waals surface area contributed by atoms with Crippen molar-refractivity contribution in [3.8, 4) is 0 Å². The standard InChI is InChI=1S/C21H35N5O2/c1-17-15-24(8-5-20(17)23-22-18-6-13-28-14-7-18)16-21(27)26-11-9-25(10-12-26)19-3-2-4-19/h18-19,22H,1-16H2/b23-20-. The lowest BCUT2D eigenvalue weighted by Crippen LogP contribution is -2.55. The summed E-state index contributed by atoms with van der Waals surface area (Å²) in [5.74, 6) is 0.266. The van der Waals surface area contributed by atoms with E-state index in [1.165, 1.54) is 19.3 Å². The molecule has 7 nitrogen and oxygen atoms in total. The van der Waals surface area contributed by atoms with Crippen LogP contribution in [0.5, 0.6) is 0 Å². The van der Waals surface area contributed by atoms with Crippen molar-refractivity contribution in [3.05, 3.63) is 12.2 Å². The molecule has 7 heteroatoms. The van der Waals surface area contributed by atoms with E-state index in [0.29, 0.717) is 12.6 Å². The number of likely N-dealkylation sites (tertiary alicyclic amines) is 1. The van der Waals surface area contributed by atoms with Crippen LogP contribution in [0.25, 0.3) is 0 Å². The third-order valence-electron chi connectivity index (χ3n) is 6.71. The second-order valence-corrected chi connectivity index (χ2v) is 8.64. The molecule has 0 radical (unpaired) electrons. The molecule has 3 heterocycles. The highest BCUT2D eigenvalue weighted by atomic mass is 16.5. The van der Waals surface area contributed by atoms with Gasteiger partial charge in [0.15, 0.2) is 0 Å². The Balaban J connectivity index is 1.19. The van der Waals surface area contributed by atoms with E-state index in [-0.39, 0.29) is 5.91 Å². The van der Waals surface area contributed by atoms with Crippen molar-refractivity contribution < 1.29 is 9.53 Å². The highest BCUT2D eigenvalue weighted by Gasteiger charge is 2.30. The fourth-order valence-corrected chi connectivity index (χ4v) is 4.53. The van der Waals surface area contributed by atoms with Crippen LogP contribution in [0.1, 0.15) is 38.5 Å². The first kappa shape index (κ1) is 19.9. The summed E-state index contributed by atoms with van der Waals surface area (Å²) < 4.78 is 5.39. The highest BCUT2D eigenvalue weighted by molar-refractivity contribution is 6.00. The summed E-state index contributed by atoms with van der Waals surface area (Å²) in [4.78, 5) is 19.6. The molecule has 3 aliphatic heterocycles. The SMILES string of the molecule is C=C1CN(CC(=O)N2CCN(C3CCC3)CC2)CC/C1=N/NC1CCOCC1. The molecule has 28 heavy (non-hydrogen) atoms. The molecule has 1 aliphatic carbocycles. The molecule has 0 aromatic heterocycles. The van der Waals surface area contributed by atoms with Gasteiger partial charge in [0.05, 0.1) is 12.3 Å². The van der Waals surface area contributed by atoms with Crippen LogP contribution < -0.4 is 5.43 Å². The van der Waals surface area contributed by atoms with Gasteiger partial charge in [0.2, 0.25) is 5.91 Å². The van der Waals surface area contributed by atoms with Gasteiger partial charge in [0, 0.05) is 71.0 Å². The summed E-state index contributed by atoms with van der Waals surface area (Å²) in [6.45, 7) is 11.8. The lowest BCUT2D eigenvalue weighted by atomic mass is 9.91. The predicted molar refractivity (Wildman–Crippen MR) is 110 cm³/mol. The van der Waals surface area contributed by atoms with Crippen molar-refractivity contribution >= 4 is 11.6 Å². The van der Waals surface area contributed by atoms with E-state index in [9.17, 15) is 4.79 Å². The third-order valence-corrected chi connectivity index (χ3v) is 6.71. The number of nitrogens with one attached hydrogen (secondary N) is 1. The molecule has 3 saturated heterocycles. The third kappa shape index (κ3) is 4.93. The quantitative estimate of drug-likeness (QED) is 0.713. The second-order valence-electron chi connectivity index (χ2n) is 8.64. The lowest BCUT2D eigenvalue weighted by molar-refractivity contribution is -0.134. The van der Waals surface area contributed by atoms with Crippen molar-refractivity contribution in [1.82, 2.24) is 20.1 Å². The molecule has 1 N–H and O–H groups in total. The van der Waals surface area contributed by atoms with Crippen molar-refractivity contribution in [1.29, 1.82) is 0 Å². The van der Waals surface area contributed by atoms with Gasteiger partial charge >= 0.3 is 0 Å². The van der Waals surface area contributed by atoms with Crippen LogP contribution in [0.3, 0.4) is 0 Å². The Morgan fingerprint density at radius 2 is 1.86 bits per heavy atom. The molecule has 4 fully saturated rings. The summed E-state index contributed by atoms with van der Waals surface area (Å²) >= 11 is 0. The zero-order valence-corrected chi connectivity index (χ0v) is 17.1. The summed E-state index contributed by atoms with van der Waals surface area (Å²) in [6, 6.07) is 1.20. The number of piperidine rings is 1.